The van der Waals surface area contributed by atoms with Gasteiger partial charge in [0.1, 0.15) is 5.82 Å². The third-order valence-corrected chi connectivity index (χ3v) is 2.48. The fraction of sp³-hybridized carbons (Fsp3) is 0. The Bertz CT molecular complexity index is 681. The van der Waals surface area contributed by atoms with E-state index in [4.69, 9.17) is 0 Å². The average Bonchev–Trinajstić information content (AvgIpc) is 2.38. The molecule has 2 aromatic rings. The van der Waals surface area contributed by atoms with E-state index in [1.54, 1.807) is 0 Å². The van der Waals surface area contributed by atoms with E-state index in [1.165, 1.54) is 0 Å². The Morgan fingerprint density at radius 1 is 0.400 bits per heavy atom. The number of rotatable bonds is 1. The zero-order valence-corrected chi connectivity index (χ0v) is 9.18. The van der Waals surface area contributed by atoms with Crippen molar-refractivity contribution < 1.29 is 35.1 Å². The predicted molar refractivity (Wildman–Crippen MR) is 51.5 cm³/mol. The molecule has 0 radical (unpaired) electrons. The van der Waals surface area contributed by atoms with Crippen LogP contribution in [-0.4, -0.2) is 0 Å². The zero-order valence-electron chi connectivity index (χ0n) is 9.18. The van der Waals surface area contributed by atoms with Crippen LogP contribution >= 0.6 is 0 Å². The first-order valence-electron chi connectivity index (χ1n) is 4.92. The van der Waals surface area contributed by atoms with Crippen LogP contribution in [0.4, 0.5) is 35.1 Å². The average molecular weight is 298 g/mol. The summed E-state index contributed by atoms with van der Waals surface area (Å²) in [6, 6.07) is -0.390. The highest BCUT2D eigenvalue weighted by Gasteiger charge is 2.28. The molecular formula is C12H2F8. The minimum atomic E-state index is -2.30. The summed E-state index contributed by atoms with van der Waals surface area (Å²) in [5, 5.41) is 0. The smallest absolute Gasteiger partial charge is 0.195 e. The Morgan fingerprint density at radius 2 is 0.800 bits per heavy atom. The van der Waals surface area contributed by atoms with Gasteiger partial charge in [-0.05, 0) is 0 Å². The number of hydrogen-bond donors (Lipinski definition) is 0. The summed E-state index contributed by atoms with van der Waals surface area (Å²) in [4.78, 5) is 0. The molecule has 0 N–H and O–H groups in total. The zero-order chi connectivity index (χ0) is 15.2. The lowest BCUT2D eigenvalue weighted by Gasteiger charge is -2.10. The van der Waals surface area contributed by atoms with Gasteiger partial charge in [-0.15, -0.1) is 0 Å². The van der Waals surface area contributed by atoms with Gasteiger partial charge in [0.05, 0.1) is 11.1 Å². The molecule has 0 aromatic heterocycles. The molecule has 2 aromatic carbocycles. The topological polar surface area (TPSA) is 0 Å². The predicted octanol–water partition coefficient (Wildman–Crippen LogP) is 4.47. The van der Waals surface area contributed by atoms with Gasteiger partial charge in [0.25, 0.3) is 0 Å². The first-order valence-corrected chi connectivity index (χ1v) is 4.92. The van der Waals surface area contributed by atoms with E-state index in [2.05, 4.69) is 0 Å². The van der Waals surface area contributed by atoms with Gasteiger partial charge in [0.2, 0.25) is 0 Å². The van der Waals surface area contributed by atoms with E-state index in [0.717, 1.165) is 0 Å². The van der Waals surface area contributed by atoms with Crippen molar-refractivity contribution in [1.29, 1.82) is 0 Å². The molecule has 0 saturated carbocycles. The fourth-order valence-electron chi connectivity index (χ4n) is 1.59. The van der Waals surface area contributed by atoms with Crippen LogP contribution in [0.1, 0.15) is 0 Å². The quantitative estimate of drug-likeness (QED) is 0.414. The Hall–Kier alpha value is -2.12. The van der Waals surface area contributed by atoms with Crippen molar-refractivity contribution in [1.82, 2.24) is 0 Å². The summed E-state index contributed by atoms with van der Waals surface area (Å²) in [6.45, 7) is 0. The van der Waals surface area contributed by atoms with Crippen LogP contribution in [0.15, 0.2) is 12.1 Å². The third-order valence-electron chi connectivity index (χ3n) is 2.48. The van der Waals surface area contributed by atoms with Gasteiger partial charge < -0.3 is 0 Å². The number of halogens is 8. The SMILES string of the molecule is Fc1cc(F)c(-c2c(F)c(F)cc(F)c2F)c(F)c1F. The lowest BCUT2D eigenvalue weighted by Crippen LogP contribution is -2.05. The molecule has 0 nitrogen and oxygen atoms in total. The Morgan fingerprint density at radius 3 is 1.30 bits per heavy atom. The monoisotopic (exact) mass is 298 g/mol. The second-order valence-corrected chi connectivity index (χ2v) is 3.69. The van der Waals surface area contributed by atoms with Crippen LogP contribution in [0.5, 0.6) is 0 Å². The van der Waals surface area contributed by atoms with Gasteiger partial charge in [0, 0.05) is 12.1 Å². The summed E-state index contributed by atoms with van der Waals surface area (Å²) in [5.41, 5.74) is -3.53. The van der Waals surface area contributed by atoms with Gasteiger partial charge in [-0.25, -0.2) is 35.1 Å². The number of hydrogen-bond acceptors (Lipinski definition) is 0. The standard InChI is InChI=1S/C12H2F8/c13-3-1-6(16)11(19)12(20)7(3)8-9(17)4(14)2-5(15)10(8)18/h1-2H. The molecule has 0 atom stereocenters. The Labute approximate surface area is 106 Å². The molecule has 0 unspecified atom stereocenters. The summed E-state index contributed by atoms with van der Waals surface area (Å²) in [7, 11) is 0. The summed E-state index contributed by atoms with van der Waals surface area (Å²) in [5.74, 6) is -16.5. The lowest BCUT2D eigenvalue weighted by atomic mass is 10.0. The van der Waals surface area contributed by atoms with Gasteiger partial charge in [-0.2, -0.15) is 0 Å². The Kier molecular flexibility index (Phi) is 3.41. The molecule has 0 aliphatic heterocycles. The molecular weight excluding hydrogens is 296 g/mol. The molecule has 106 valence electrons. The lowest BCUT2D eigenvalue weighted by molar-refractivity contribution is 0.430. The van der Waals surface area contributed by atoms with Crippen LogP contribution in [0.25, 0.3) is 11.1 Å². The molecule has 0 aliphatic rings. The van der Waals surface area contributed by atoms with Crippen LogP contribution in [0, 0.1) is 46.5 Å². The van der Waals surface area contributed by atoms with Crippen molar-refractivity contribution in [2.75, 3.05) is 0 Å². The van der Waals surface area contributed by atoms with Crippen molar-refractivity contribution >= 4 is 0 Å². The van der Waals surface area contributed by atoms with Crippen LogP contribution in [0.2, 0.25) is 0 Å². The van der Waals surface area contributed by atoms with Crippen molar-refractivity contribution in [3.8, 4) is 11.1 Å². The first kappa shape index (κ1) is 14.3. The highest BCUT2D eigenvalue weighted by Crippen LogP contribution is 2.34. The molecule has 0 spiro atoms. The molecule has 2 rings (SSSR count). The molecule has 0 fully saturated rings. The van der Waals surface area contributed by atoms with Crippen molar-refractivity contribution in [3.05, 3.63) is 58.7 Å². The summed E-state index contributed by atoms with van der Waals surface area (Å²) in [6.07, 6.45) is 0. The van der Waals surface area contributed by atoms with Crippen LogP contribution in [-0.2, 0) is 0 Å². The highest BCUT2D eigenvalue weighted by molar-refractivity contribution is 5.66. The van der Waals surface area contributed by atoms with E-state index in [-0.39, 0.29) is 12.1 Å². The van der Waals surface area contributed by atoms with Gasteiger partial charge in [0.15, 0.2) is 40.7 Å². The molecule has 0 aliphatic carbocycles. The van der Waals surface area contributed by atoms with Crippen LogP contribution < -0.4 is 0 Å². The number of benzene rings is 2. The molecule has 0 heterocycles. The molecule has 20 heavy (non-hydrogen) atoms. The second-order valence-electron chi connectivity index (χ2n) is 3.69. The summed E-state index contributed by atoms with van der Waals surface area (Å²) >= 11 is 0. The third kappa shape index (κ3) is 2.00. The first-order chi connectivity index (χ1) is 9.25. The van der Waals surface area contributed by atoms with Crippen molar-refractivity contribution in [2.24, 2.45) is 0 Å². The minimum absolute atomic E-state index is 0.191. The molecule has 8 heteroatoms. The van der Waals surface area contributed by atoms with Gasteiger partial charge in [-0.3, -0.25) is 0 Å². The Balaban J connectivity index is 2.93. The van der Waals surface area contributed by atoms with E-state index in [9.17, 15) is 35.1 Å². The maximum atomic E-state index is 13.4. The van der Waals surface area contributed by atoms with E-state index < -0.39 is 57.7 Å². The van der Waals surface area contributed by atoms with Gasteiger partial charge in [-0.1, -0.05) is 0 Å². The molecule has 0 amide bonds. The second kappa shape index (κ2) is 4.77. The summed E-state index contributed by atoms with van der Waals surface area (Å²) < 4.78 is 105. The fourth-order valence-corrected chi connectivity index (χ4v) is 1.59. The normalized spacial score (nSPS) is 11.0. The minimum Gasteiger partial charge on any atom is -0.206 e. The maximum Gasteiger partial charge on any atom is 0.195 e. The maximum absolute atomic E-state index is 13.4. The van der Waals surface area contributed by atoms with E-state index in [1.807, 2.05) is 0 Å². The van der Waals surface area contributed by atoms with Crippen molar-refractivity contribution in [3.63, 3.8) is 0 Å². The van der Waals surface area contributed by atoms with Crippen molar-refractivity contribution in [2.45, 2.75) is 0 Å². The van der Waals surface area contributed by atoms with Gasteiger partial charge >= 0.3 is 0 Å². The highest BCUT2D eigenvalue weighted by atomic mass is 19.2. The molecule has 0 saturated heterocycles. The largest absolute Gasteiger partial charge is 0.206 e. The molecule has 0 bridgehead atoms. The van der Waals surface area contributed by atoms with E-state index >= 15 is 0 Å². The van der Waals surface area contributed by atoms with E-state index in [0.29, 0.717) is 0 Å². The van der Waals surface area contributed by atoms with Crippen LogP contribution in [0.3, 0.4) is 0 Å².